The van der Waals surface area contributed by atoms with Crippen molar-refractivity contribution in [3.63, 3.8) is 0 Å². The average molecular weight is 522 g/mol. The van der Waals surface area contributed by atoms with Gasteiger partial charge in [0.05, 0.1) is 5.52 Å². The number of nitrogens with zero attached hydrogens (tertiary/aromatic N) is 1. The summed E-state index contributed by atoms with van der Waals surface area (Å²) in [6, 6.07) is 16.5. The minimum atomic E-state index is -1.05. The number of hydrogen-bond donors (Lipinski definition) is 0. The molecule has 0 saturated carbocycles. The summed E-state index contributed by atoms with van der Waals surface area (Å²) in [6.45, 7) is 7.87. The SMILES string of the molecule is CCc1ccc(Cc2cn(C3OC(CC)[C@@H](OC(C)=O)C(OC(C)=O)C3OC(C)=O)c3ccccc23)cc1. The fourth-order valence-electron chi connectivity index (χ4n) is 5.17. The van der Waals surface area contributed by atoms with E-state index in [4.69, 9.17) is 18.9 Å². The van der Waals surface area contributed by atoms with Crippen LogP contribution in [0.1, 0.15) is 64.0 Å². The second-order valence-electron chi connectivity index (χ2n) is 9.62. The summed E-state index contributed by atoms with van der Waals surface area (Å²) >= 11 is 0. The molecule has 3 aromatic rings. The van der Waals surface area contributed by atoms with Crippen LogP contribution in [0.25, 0.3) is 10.9 Å². The van der Waals surface area contributed by atoms with Gasteiger partial charge in [-0.25, -0.2) is 0 Å². The smallest absolute Gasteiger partial charge is 0.303 e. The number of carbonyl (C=O) groups is 3. The lowest BCUT2D eigenvalue weighted by atomic mass is 9.95. The van der Waals surface area contributed by atoms with Crippen molar-refractivity contribution in [1.82, 2.24) is 4.57 Å². The van der Waals surface area contributed by atoms with Crippen LogP contribution in [-0.2, 0) is 46.2 Å². The zero-order chi connectivity index (χ0) is 27.4. The molecule has 0 aliphatic carbocycles. The molecule has 5 atom stereocenters. The number of para-hydroxylation sites is 1. The van der Waals surface area contributed by atoms with Crippen LogP contribution in [0.4, 0.5) is 0 Å². The van der Waals surface area contributed by atoms with E-state index in [9.17, 15) is 14.4 Å². The van der Waals surface area contributed by atoms with Gasteiger partial charge >= 0.3 is 17.9 Å². The van der Waals surface area contributed by atoms with Gasteiger partial charge in [0.25, 0.3) is 0 Å². The quantitative estimate of drug-likeness (QED) is 0.308. The molecular formula is C30H35NO7. The fraction of sp³-hybridized carbons (Fsp3) is 0.433. The Kier molecular flexibility index (Phi) is 8.52. The Hall–Kier alpha value is -3.65. The van der Waals surface area contributed by atoms with Crippen LogP contribution in [0.3, 0.4) is 0 Å². The molecular weight excluding hydrogens is 486 g/mol. The van der Waals surface area contributed by atoms with Crippen LogP contribution in [0, 0.1) is 0 Å². The van der Waals surface area contributed by atoms with Gasteiger partial charge in [0.1, 0.15) is 6.10 Å². The van der Waals surface area contributed by atoms with E-state index in [1.165, 1.54) is 31.9 Å². The third-order valence-corrected chi connectivity index (χ3v) is 6.84. The molecule has 2 heterocycles. The van der Waals surface area contributed by atoms with E-state index < -0.39 is 48.6 Å². The van der Waals surface area contributed by atoms with Crippen LogP contribution in [0.5, 0.6) is 0 Å². The van der Waals surface area contributed by atoms with Crippen molar-refractivity contribution in [2.45, 2.75) is 84.5 Å². The van der Waals surface area contributed by atoms with Crippen molar-refractivity contribution in [1.29, 1.82) is 0 Å². The minimum Gasteiger partial charge on any atom is -0.456 e. The Morgan fingerprint density at radius 1 is 0.789 bits per heavy atom. The molecule has 1 aromatic heterocycles. The van der Waals surface area contributed by atoms with Gasteiger partial charge in [0.2, 0.25) is 0 Å². The molecule has 1 fully saturated rings. The van der Waals surface area contributed by atoms with Gasteiger partial charge < -0.3 is 23.5 Å². The predicted octanol–water partition coefficient (Wildman–Crippen LogP) is 4.90. The molecule has 0 amide bonds. The summed E-state index contributed by atoms with van der Waals surface area (Å²) in [7, 11) is 0. The first-order chi connectivity index (χ1) is 18.2. The maximum Gasteiger partial charge on any atom is 0.303 e. The van der Waals surface area contributed by atoms with Gasteiger partial charge in [0.15, 0.2) is 24.5 Å². The summed E-state index contributed by atoms with van der Waals surface area (Å²) in [4.78, 5) is 36.3. The van der Waals surface area contributed by atoms with Crippen LogP contribution in [0.15, 0.2) is 54.7 Å². The Labute approximate surface area is 222 Å². The summed E-state index contributed by atoms with van der Waals surface area (Å²) in [5.74, 6) is -1.68. The van der Waals surface area contributed by atoms with Gasteiger partial charge in [-0.2, -0.15) is 0 Å². The standard InChI is InChI=1S/C30H35NO7/c1-6-21-12-14-22(15-13-21)16-23-17-31(25-11-9-8-10-24(23)25)30-29(37-20(5)34)28(36-19(4)33)27(35-18(3)32)26(7-2)38-30/h8-15,17,26-30H,6-7,16H2,1-5H3/t26?,27-,28?,29?,30?/m1/s1. The number of aromatic nitrogens is 1. The number of hydrogen-bond acceptors (Lipinski definition) is 7. The molecule has 0 spiro atoms. The molecule has 4 unspecified atom stereocenters. The van der Waals surface area contributed by atoms with Crippen molar-refractivity contribution >= 4 is 28.8 Å². The van der Waals surface area contributed by atoms with Gasteiger partial charge in [0, 0.05) is 32.4 Å². The molecule has 1 saturated heterocycles. The molecule has 0 N–H and O–H groups in total. The Balaban J connectivity index is 1.80. The molecule has 8 nitrogen and oxygen atoms in total. The first kappa shape index (κ1) is 27.4. The highest BCUT2D eigenvalue weighted by Crippen LogP contribution is 2.38. The molecule has 38 heavy (non-hydrogen) atoms. The maximum absolute atomic E-state index is 12.2. The van der Waals surface area contributed by atoms with Crippen LogP contribution >= 0.6 is 0 Å². The highest BCUT2D eigenvalue weighted by Gasteiger charge is 2.52. The summed E-state index contributed by atoms with van der Waals surface area (Å²) in [5, 5.41) is 1.04. The van der Waals surface area contributed by atoms with E-state index in [1.807, 2.05) is 42.0 Å². The second-order valence-corrected chi connectivity index (χ2v) is 9.62. The zero-order valence-corrected chi connectivity index (χ0v) is 22.5. The van der Waals surface area contributed by atoms with Gasteiger partial charge in [-0.1, -0.05) is 56.3 Å². The highest BCUT2D eigenvalue weighted by molar-refractivity contribution is 5.84. The summed E-state index contributed by atoms with van der Waals surface area (Å²) < 4.78 is 25.3. The first-order valence-electron chi connectivity index (χ1n) is 13.0. The summed E-state index contributed by atoms with van der Waals surface area (Å²) in [5.41, 5.74) is 4.41. The minimum absolute atomic E-state index is 0.481. The number of benzene rings is 2. The lowest BCUT2D eigenvalue weighted by Gasteiger charge is -2.45. The zero-order valence-electron chi connectivity index (χ0n) is 22.5. The predicted molar refractivity (Wildman–Crippen MR) is 141 cm³/mol. The molecule has 2 aromatic carbocycles. The normalized spacial score (nSPS) is 23.1. The third kappa shape index (κ3) is 5.91. The Morgan fingerprint density at radius 2 is 1.37 bits per heavy atom. The first-order valence-corrected chi connectivity index (χ1v) is 13.0. The van der Waals surface area contributed by atoms with Gasteiger partial charge in [-0.3, -0.25) is 14.4 Å². The van der Waals surface area contributed by atoms with Crippen LogP contribution in [0.2, 0.25) is 0 Å². The van der Waals surface area contributed by atoms with Crippen molar-refractivity contribution in [2.24, 2.45) is 0 Å². The largest absolute Gasteiger partial charge is 0.456 e. The molecule has 1 aliphatic rings. The Morgan fingerprint density at radius 3 is 1.97 bits per heavy atom. The van der Waals surface area contributed by atoms with E-state index in [-0.39, 0.29) is 0 Å². The van der Waals surface area contributed by atoms with Crippen molar-refractivity contribution < 1.29 is 33.3 Å². The van der Waals surface area contributed by atoms with Crippen molar-refractivity contribution in [3.8, 4) is 0 Å². The van der Waals surface area contributed by atoms with E-state index in [1.54, 1.807) is 0 Å². The van der Waals surface area contributed by atoms with Crippen molar-refractivity contribution in [2.75, 3.05) is 0 Å². The van der Waals surface area contributed by atoms with E-state index in [0.717, 1.165) is 22.9 Å². The van der Waals surface area contributed by atoms with Gasteiger partial charge in [-0.05, 0) is 42.0 Å². The van der Waals surface area contributed by atoms with E-state index in [0.29, 0.717) is 12.8 Å². The topological polar surface area (TPSA) is 93.1 Å². The fourth-order valence-corrected chi connectivity index (χ4v) is 5.17. The average Bonchev–Trinajstić information content (AvgIpc) is 3.24. The van der Waals surface area contributed by atoms with Crippen LogP contribution in [-0.4, -0.2) is 46.9 Å². The van der Waals surface area contributed by atoms with Gasteiger partial charge in [-0.15, -0.1) is 0 Å². The number of aryl methyl sites for hydroxylation is 1. The van der Waals surface area contributed by atoms with E-state index in [2.05, 4.69) is 31.2 Å². The number of carbonyl (C=O) groups excluding carboxylic acids is 3. The number of ether oxygens (including phenoxy) is 4. The molecule has 0 radical (unpaired) electrons. The monoisotopic (exact) mass is 521 g/mol. The molecule has 8 heteroatoms. The molecule has 202 valence electrons. The maximum atomic E-state index is 12.2. The summed E-state index contributed by atoms with van der Waals surface area (Å²) in [6.07, 6.45) is -0.271. The lowest BCUT2D eigenvalue weighted by molar-refractivity contribution is -0.262. The molecule has 1 aliphatic heterocycles. The highest BCUT2D eigenvalue weighted by atomic mass is 16.7. The number of esters is 3. The lowest BCUT2D eigenvalue weighted by Crippen LogP contribution is -2.59. The number of rotatable bonds is 8. The third-order valence-electron chi connectivity index (χ3n) is 6.84. The van der Waals surface area contributed by atoms with E-state index >= 15 is 0 Å². The Bertz CT molecular complexity index is 1300. The van der Waals surface area contributed by atoms with Crippen molar-refractivity contribution in [3.05, 3.63) is 71.4 Å². The number of fused-ring (bicyclic) bond motifs is 1. The van der Waals surface area contributed by atoms with Crippen LogP contribution < -0.4 is 0 Å². The molecule has 4 rings (SSSR count). The second kappa shape index (κ2) is 11.8. The molecule has 0 bridgehead atoms.